The topological polar surface area (TPSA) is 110 Å². The van der Waals surface area contributed by atoms with E-state index in [2.05, 4.69) is 26.2 Å². The molecule has 4 rings (SSSR count). The minimum Gasteiger partial charge on any atom is -0.478 e. The van der Waals surface area contributed by atoms with Gasteiger partial charge in [-0.25, -0.2) is 9.78 Å². The molecule has 1 aliphatic heterocycles. The molecule has 3 aromatic rings. The molecule has 0 saturated carbocycles. The standard InChI is InChI=1S/C24H22ClN5O3/c25-20-5-2-1-4-17(20)23(31)27-16-6-7-21-18(14-16)19(24(32)33)15-22(28-21)30-12-10-29(11-13-30)9-3-8-26/h1-2,4-7,14-15H,3,9-13H2,(H,27,31)(H,32,33). The average molecular weight is 464 g/mol. The van der Waals surface area contributed by atoms with Crippen LogP contribution in [0.25, 0.3) is 10.9 Å². The van der Waals surface area contributed by atoms with E-state index in [-0.39, 0.29) is 11.5 Å². The fourth-order valence-electron chi connectivity index (χ4n) is 3.88. The van der Waals surface area contributed by atoms with Crippen molar-refractivity contribution in [1.29, 1.82) is 5.26 Å². The van der Waals surface area contributed by atoms with Gasteiger partial charge in [0.2, 0.25) is 0 Å². The van der Waals surface area contributed by atoms with E-state index in [1.165, 1.54) is 0 Å². The number of aromatic carboxylic acids is 1. The smallest absolute Gasteiger partial charge is 0.336 e. The van der Waals surface area contributed by atoms with Gasteiger partial charge < -0.3 is 15.3 Å². The minimum atomic E-state index is -1.06. The van der Waals surface area contributed by atoms with Crippen molar-refractivity contribution in [2.45, 2.75) is 6.42 Å². The van der Waals surface area contributed by atoms with Gasteiger partial charge in [0, 0.05) is 50.2 Å². The third-order valence-corrected chi connectivity index (χ3v) is 5.97. The molecule has 2 heterocycles. The molecule has 9 heteroatoms. The van der Waals surface area contributed by atoms with E-state index in [0.717, 1.165) is 19.6 Å². The maximum absolute atomic E-state index is 12.6. The third-order valence-electron chi connectivity index (χ3n) is 5.64. The number of nitrogens with zero attached hydrogens (tertiary/aromatic N) is 4. The Labute approximate surface area is 196 Å². The van der Waals surface area contributed by atoms with E-state index in [9.17, 15) is 14.7 Å². The normalized spacial score (nSPS) is 14.1. The summed E-state index contributed by atoms with van der Waals surface area (Å²) >= 11 is 6.10. The number of hydrogen-bond acceptors (Lipinski definition) is 6. The van der Waals surface area contributed by atoms with Gasteiger partial charge in [0.1, 0.15) is 5.82 Å². The number of pyridine rings is 1. The summed E-state index contributed by atoms with van der Waals surface area (Å²) in [6.45, 7) is 3.72. The summed E-state index contributed by atoms with van der Waals surface area (Å²) in [5.41, 5.74) is 1.44. The highest BCUT2D eigenvalue weighted by Gasteiger charge is 2.21. The number of benzene rings is 2. The molecule has 1 saturated heterocycles. The Hall–Kier alpha value is -3.67. The maximum atomic E-state index is 12.6. The molecule has 2 N–H and O–H groups in total. The molecule has 1 fully saturated rings. The molecule has 0 bridgehead atoms. The third kappa shape index (κ3) is 5.06. The number of halogens is 1. The van der Waals surface area contributed by atoms with Crippen LogP contribution >= 0.6 is 11.6 Å². The predicted molar refractivity (Wildman–Crippen MR) is 127 cm³/mol. The second kappa shape index (κ2) is 9.86. The summed E-state index contributed by atoms with van der Waals surface area (Å²) in [5.74, 6) is -0.839. The van der Waals surface area contributed by atoms with Crippen molar-refractivity contribution in [1.82, 2.24) is 9.88 Å². The van der Waals surface area contributed by atoms with Crippen molar-refractivity contribution < 1.29 is 14.7 Å². The van der Waals surface area contributed by atoms with E-state index in [0.29, 0.717) is 52.5 Å². The van der Waals surface area contributed by atoms with Crippen molar-refractivity contribution >= 4 is 45.9 Å². The number of carbonyl (C=O) groups excluding carboxylic acids is 1. The van der Waals surface area contributed by atoms with Crippen LogP contribution in [0.1, 0.15) is 27.1 Å². The van der Waals surface area contributed by atoms with Crippen LogP contribution < -0.4 is 10.2 Å². The number of carbonyl (C=O) groups is 2. The molecule has 1 amide bonds. The van der Waals surface area contributed by atoms with E-state index >= 15 is 0 Å². The summed E-state index contributed by atoms with van der Waals surface area (Å²) in [6.07, 6.45) is 0.493. The van der Waals surface area contributed by atoms with Gasteiger partial charge in [0.25, 0.3) is 5.91 Å². The second-order valence-corrected chi connectivity index (χ2v) is 8.14. The van der Waals surface area contributed by atoms with Crippen molar-refractivity contribution in [3.63, 3.8) is 0 Å². The number of nitrogens with one attached hydrogen (secondary N) is 1. The molecule has 0 unspecified atom stereocenters. The quantitative estimate of drug-likeness (QED) is 0.570. The Balaban J connectivity index is 1.59. The number of rotatable bonds is 6. The first-order valence-electron chi connectivity index (χ1n) is 10.5. The number of nitriles is 1. The largest absolute Gasteiger partial charge is 0.478 e. The van der Waals surface area contributed by atoms with E-state index in [1.807, 2.05) is 0 Å². The van der Waals surface area contributed by atoms with Gasteiger partial charge in [-0.05, 0) is 36.4 Å². The molecule has 168 valence electrons. The number of carboxylic acids is 1. The Morgan fingerprint density at radius 3 is 2.55 bits per heavy atom. The summed E-state index contributed by atoms with van der Waals surface area (Å²) < 4.78 is 0. The van der Waals surface area contributed by atoms with Crippen LogP contribution in [0.4, 0.5) is 11.5 Å². The average Bonchev–Trinajstić information content (AvgIpc) is 2.82. The summed E-state index contributed by atoms with van der Waals surface area (Å²) in [4.78, 5) is 33.6. The number of carboxylic acid groups (broad SMARTS) is 1. The lowest BCUT2D eigenvalue weighted by Gasteiger charge is -2.35. The zero-order valence-corrected chi connectivity index (χ0v) is 18.5. The monoisotopic (exact) mass is 463 g/mol. The van der Waals surface area contributed by atoms with Crippen LogP contribution in [-0.4, -0.2) is 59.6 Å². The number of aromatic nitrogens is 1. The molecule has 33 heavy (non-hydrogen) atoms. The number of anilines is 2. The van der Waals surface area contributed by atoms with Gasteiger partial charge >= 0.3 is 5.97 Å². The molecule has 0 radical (unpaired) electrons. The summed E-state index contributed by atoms with van der Waals surface area (Å²) in [7, 11) is 0. The molecule has 0 aliphatic carbocycles. The molecule has 1 aliphatic rings. The number of amides is 1. The SMILES string of the molecule is N#CCCN1CCN(c2cc(C(=O)O)c3cc(NC(=O)c4ccccc4Cl)ccc3n2)CC1. The molecule has 8 nitrogen and oxygen atoms in total. The van der Waals surface area contributed by atoms with Gasteiger partial charge in [-0.15, -0.1) is 0 Å². The summed E-state index contributed by atoms with van der Waals surface area (Å²) in [5, 5.41) is 22.2. The highest BCUT2D eigenvalue weighted by atomic mass is 35.5. The Morgan fingerprint density at radius 1 is 1.09 bits per heavy atom. The van der Waals surface area contributed by atoms with E-state index < -0.39 is 5.97 Å². The second-order valence-electron chi connectivity index (χ2n) is 7.74. The van der Waals surface area contributed by atoms with Crippen LogP contribution in [-0.2, 0) is 0 Å². The minimum absolute atomic E-state index is 0.121. The lowest BCUT2D eigenvalue weighted by atomic mass is 10.1. The number of hydrogen-bond donors (Lipinski definition) is 2. The molecule has 2 aromatic carbocycles. The van der Waals surface area contributed by atoms with Crippen molar-refractivity contribution in [2.75, 3.05) is 42.9 Å². The van der Waals surface area contributed by atoms with Crippen molar-refractivity contribution in [3.8, 4) is 6.07 Å². The van der Waals surface area contributed by atoms with Crippen molar-refractivity contribution in [2.24, 2.45) is 0 Å². The fourth-order valence-corrected chi connectivity index (χ4v) is 4.10. The zero-order valence-electron chi connectivity index (χ0n) is 17.8. The van der Waals surface area contributed by atoms with Gasteiger partial charge in [-0.1, -0.05) is 23.7 Å². The first-order valence-corrected chi connectivity index (χ1v) is 10.9. The molecular formula is C24H22ClN5O3. The maximum Gasteiger partial charge on any atom is 0.336 e. The number of fused-ring (bicyclic) bond motifs is 1. The van der Waals surface area contributed by atoms with E-state index in [4.69, 9.17) is 16.9 Å². The highest BCUT2D eigenvalue weighted by molar-refractivity contribution is 6.34. The van der Waals surface area contributed by atoms with Crippen LogP contribution in [0.5, 0.6) is 0 Å². The van der Waals surface area contributed by atoms with Crippen LogP contribution in [0.2, 0.25) is 5.02 Å². The van der Waals surface area contributed by atoms with Crippen molar-refractivity contribution in [3.05, 3.63) is 64.7 Å². The molecule has 1 aromatic heterocycles. The van der Waals surface area contributed by atoms with Gasteiger partial charge in [-0.3, -0.25) is 9.69 Å². The van der Waals surface area contributed by atoms with Gasteiger partial charge in [0.15, 0.2) is 0 Å². The zero-order chi connectivity index (χ0) is 23.4. The van der Waals surface area contributed by atoms with Gasteiger partial charge in [-0.2, -0.15) is 5.26 Å². The van der Waals surface area contributed by atoms with Crippen LogP contribution in [0.3, 0.4) is 0 Å². The van der Waals surface area contributed by atoms with Crippen LogP contribution in [0.15, 0.2) is 48.5 Å². The lowest BCUT2D eigenvalue weighted by Crippen LogP contribution is -2.46. The predicted octanol–water partition coefficient (Wildman–Crippen LogP) is 3.87. The van der Waals surface area contributed by atoms with Crippen LogP contribution in [0, 0.1) is 11.3 Å². The first kappa shape index (κ1) is 22.5. The lowest BCUT2D eigenvalue weighted by molar-refractivity contribution is 0.0698. The summed E-state index contributed by atoms with van der Waals surface area (Å²) in [6, 6.07) is 15.5. The fraction of sp³-hybridized carbons (Fsp3) is 0.250. The molecular weight excluding hydrogens is 442 g/mol. The Bertz CT molecular complexity index is 1250. The molecule has 0 atom stereocenters. The number of piperazine rings is 1. The Morgan fingerprint density at radius 2 is 1.85 bits per heavy atom. The van der Waals surface area contributed by atoms with Gasteiger partial charge in [0.05, 0.1) is 27.7 Å². The van der Waals surface area contributed by atoms with E-state index in [1.54, 1.807) is 48.5 Å². The Kier molecular flexibility index (Phi) is 6.73. The highest BCUT2D eigenvalue weighted by Crippen LogP contribution is 2.27. The first-order chi connectivity index (χ1) is 16.0. The molecule has 0 spiro atoms.